The average molecular weight is 332 g/mol. The van der Waals surface area contributed by atoms with E-state index in [1.54, 1.807) is 18.2 Å². The summed E-state index contributed by atoms with van der Waals surface area (Å²) in [5, 5.41) is 8.92. The van der Waals surface area contributed by atoms with Crippen LogP contribution in [0.2, 0.25) is 0 Å². The van der Waals surface area contributed by atoms with E-state index >= 15 is 0 Å². The minimum Gasteiger partial charge on any atom is -0.496 e. The summed E-state index contributed by atoms with van der Waals surface area (Å²) in [6, 6.07) is 4.94. The fourth-order valence-electron chi connectivity index (χ4n) is 1.70. The second-order valence-corrected chi connectivity index (χ2v) is 4.37. The number of nitrogens with one attached hydrogen (secondary N) is 1. The molecule has 0 amide bonds. The Hall–Kier alpha value is -2.36. The zero-order valence-electron chi connectivity index (χ0n) is 11.5. The molecule has 1 aromatic heterocycles. The Bertz CT molecular complexity index is 729. The van der Waals surface area contributed by atoms with Gasteiger partial charge in [-0.2, -0.15) is 22.9 Å². The second kappa shape index (κ2) is 6.18. The molecule has 1 N–H and O–H groups in total. The maximum atomic E-state index is 12.8. The molecule has 0 spiro atoms. The lowest BCUT2D eigenvalue weighted by molar-refractivity contribution is -0.147. The molecule has 0 aliphatic heterocycles. The van der Waals surface area contributed by atoms with Crippen LogP contribution in [0.4, 0.5) is 13.2 Å². The Morgan fingerprint density at radius 2 is 1.86 bits per heavy atom. The lowest BCUT2D eigenvalue weighted by Crippen LogP contribution is -2.13. The predicted molar refractivity (Wildman–Crippen MR) is 75.0 cm³/mol. The molecule has 0 saturated carbocycles. The van der Waals surface area contributed by atoms with Crippen molar-refractivity contribution in [2.24, 2.45) is 5.10 Å². The highest BCUT2D eigenvalue weighted by Gasteiger charge is 2.37. The van der Waals surface area contributed by atoms with Crippen LogP contribution < -0.4 is 9.47 Å². The van der Waals surface area contributed by atoms with E-state index in [1.165, 1.54) is 14.2 Å². The molecule has 0 unspecified atom stereocenters. The van der Waals surface area contributed by atoms with Crippen molar-refractivity contribution < 1.29 is 22.6 Å². The van der Waals surface area contributed by atoms with Crippen LogP contribution in [-0.4, -0.2) is 35.3 Å². The van der Waals surface area contributed by atoms with Gasteiger partial charge < -0.3 is 9.47 Å². The molecule has 10 heteroatoms. The average Bonchev–Trinajstić information content (AvgIpc) is 2.85. The number of aromatic nitrogens is 3. The summed E-state index contributed by atoms with van der Waals surface area (Å²) in [6.07, 6.45) is -3.52. The first-order valence-corrected chi connectivity index (χ1v) is 6.29. The minimum absolute atomic E-state index is 0.280. The topological polar surface area (TPSA) is 64.4 Å². The lowest BCUT2D eigenvalue weighted by Gasteiger charge is -2.09. The van der Waals surface area contributed by atoms with Crippen molar-refractivity contribution in [3.05, 3.63) is 34.4 Å². The number of H-pyrrole nitrogens is 1. The van der Waals surface area contributed by atoms with Crippen LogP contribution >= 0.6 is 12.2 Å². The Balaban J connectivity index is 2.51. The first-order chi connectivity index (χ1) is 10.4. The first kappa shape index (κ1) is 16.0. The van der Waals surface area contributed by atoms with Crippen molar-refractivity contribution in [1.29, 1.82) is 0 Å². The number of benzene rings is 1. The van der Waals surface area contributed by atoms with Crippen molar-refractivity contribution in [2.75, 3.05) is 14.2 Å². The van der Waals surface area contributed by atoms with Gasteiger partial charge in [-0.05, 0) is 24.4 Å². The predicted octanol–water partition coefficient (Wildman–Crippen LogP) is 2.86. The van der Waals surface area contributed by atoms with Gasteiger partial charge >= 0.3 is 6.18 Å². The lowest BCUT2D eigenvalue weighted by atomic mass is 10.2. The molecular formula is C12H11F3N4O2S. The standard InChI is InChI=1S/C12H11F3N4O2S/c1-20-8-4-3-5-9(21-2)7(8)6-16-19-10(12(13,14)15)17-18-11(19)22/h3-6H,1-2H3,(H,18,22)/b16-6+. The Morgan fingerprint density at radius 1 is 1.27 bits per heavy atom. The van der Waals surface area contributed by atoms with Crippen LogP contribution in [0.5, 0.6) is 11.5 Å². The summed E-state index contributed by atoms with van der Waals surface area (Å²) >= 11 is 4.75. The van der Waals surface area contributed by atoms with E-state index in [0.717, 1.165) is 6.21 Å². The molecule has 2 rings (SSSR count). The quantitative estimate of drug-likeness (QED) is 0.691. The van der Waals surface area contributed by atoms with Crippen LogP contribution in [0.15, 0.2) is 23.3 Å². The van der Waals surface area contributed by atoms with Crippen LogP contribution in [0.3, 0.4) is 0 Å². The molecule has 0 fully saturated rings. The number of ether oxygens (including phenoxy) is 2. The third-order valence-corrected chi connectivity index (χ3v) is 2.94. The SMILES string of the molecule is COc1cccc(OC)c1/C=N/n1c(C(F)(F)F)n[nH]c1=S. The largest absolute Gasteiger partial charge is 0.496 e. The number of hydrogen-bond donors (Lipinski definition) is 1. The van der Waals surface area contributed by atoms with Gasteiger partial charge in [-0.15, -0.1) is 5.10 Å². The maximum Gasteiger partial charge on any atom is 0.453 e. The van der Waals surface area contributed by atoms with Crippen LogP contribution in [0, 0.1) is 4.77 Å². The number of halogens is 3. The molecule has 1 heterocycles. The highest BCUT2D eigenvalue weighted by molar-refractivity contribution is 7.71. The number of alkyl halides is 3. The number of rotatable bonds is 4. The van der Waals surface area contributed by atoms with Gasteiger partial charge in [0.25, 0.3) is 5.82 Å². The summed E-state index contributed by atoms with van der Waals surface area (Å²) in [5.74, 6) is -0.457. The zero-order chi connectivity index (χ0) is 16.3. The smallest absolute Gasteiger partial charge is 0.453 e. The molecule has 118 valence electrons. The molecule has 1 aromatic carbocycles. The molecule has 0 atom stereocenters. The monoisotopic (exact) mass is 332 g/mol. The molecule has 0 saturated heterocycles. The van der Waals surface area contributed by atoms with E-state index in [-0.39, 0.29) is 4.77 Å². The normalized spacial score (nSPS) is 11.9. The summed E-state index contributed by atoms with van der Waals surface area (Å²) in [4.78, 5) is 0. The number of nitrogens with zero attached hydrogens (tertiary/aromatic N) is 3. The molecule has 0 bridgehead atoms. The maximum absolute atomic E-state index is 12.8. The minimum atomic E-state index is -4.68. The zero-order valence-corrected chi connectivity index (χ0v) is 12.3. The molecule has 2 aromatic rings. The van der Waals surface area contributed by atoms with E-state index in [1.807, 2.05) is 0 Å². The van der Waals surface area contributed by atoms with Crippen molar-refractivity contribution >= 4 is 18.4 Å². The van der Waals surface area contributed by atoms with E-state index in [0.29, 0.717) is 21.7 Å². The van der Waals surface area contributed by atoms with Crippen molar-refractivity contribution in [2.45, 2.75) is 6.18 Å². The number of aromatic amines is 1. The third-order valence-electron chi connectivity index (χ3n) is 2.67. The van der Waals surface area contributed by atoms with Crippen molar-refractivity contribution in [3.63, 3.8) is 0 Å². The molecular weight excluding hydrogens is 321 g/mol. The van der Waals surface area contributed by atoms with Gasteiger partial charge in [-0.3, -0.25) is 0 Å². The third kappa shape index (κ3) is 3.11. The van der Waals surface area contributed by atoms with E-state index < -0.39 is 12.0 Å². The van der Waals surface area contributed by atoms with E-state index in [2.05, 4.69) is 15.3 Å². The van der Waals surface area contributed by atoms with E-state index in [4.69, 9.17) is 21.7 Å². The van der Waals surface area contributed by atoms with Crippen molar-refractivity contribution in [3.8, 4) is 11.5 Å². The fraction of sp³-hybridized carbons (Fsp3) is 0.250. The van der Waals surface area contributed by atoms with Crippen LogP contribution in [0.1, 0.15) is 11.4 Å². The van der Waals surface area contributed by atoms with E-state index in [9.17, 15) is 13.2 Å². The van der Waals surface area contributed by atoms with Gasteiger partial charge in [0.2, 0.25) is 4.77 Å². The summed E-state index contributed by atoms with van der Waals surface area (Å²) in [7, 11) is 2.85. The molecule has 0 radical (unpaired) electrons. The Kier molecular flexibility index (Phi) is 4.50. The van der Waals surface area contributed by atoms with Crippen LogP contribution in [0.25, 0.3) is 0 Å². The summed E-state index contributed by atoms with van der Waals surface area (Å²) < 4.78 is 48.9. The summed E-state index contributed by atoms with van der Waals surface area (Å²) in [5.41, 5.74) is 0.378. The summed E-state index contributed by atoms with van der Waals surface area (Å²) in [6.45, 7) is 0. The van der Waals surface area contributed by atoms with Gasteiger partial charge in [-0.25, -0.2) is 5.10 Å². The Labute approximate surface area is 128 Å². The van der Waals surface area contributed by atoms with Gasteiger partial charge in [0.15, 0.2) is 0 Å². The number of methoxy groups -OCH3 is 2. The van der Waals surface area contributed by atoms with Crippen molar-refractivity contribution in [1.82, 2.24) is 14.9 Å². The number of hydrogen-bond acceptors (Lipinski definition) is 5. The highest BCUT2D eigenvalue weighted by Crippen LogP contribution is 2.28. The van der Waals surface area contributed by atoms with Gasteiger partial charge in [-0.1, -0.05) is 6.07 Å². The van der Waals surface area contributed by atoms with Gasteiger partial charge in [0.1, 0.15) is 11.5 Å². The van der Waals surface area contributed by atoms with Gasteiger partial charge in [0.05, 0.1) is 26.0 Å². The van der Waals surface area contributed by atoms with Gasteiger partial charge in [0, 0.05) is 0 Å². The highest BCUT2D eigenvalue weighted by atomic mass is 32.1. The Morgan fingerprint density at radius 3 is 2.36 bits per heavy atom. The molecule has 22 heavy (non-hydrogen) atoms. The van der Waals surface area contributed by atoms with Crippen LogP contribution in [-0.2, 0) is 6.18 Å². The first-order valence-electron chi connectivity index (χ1n) is 5.88. The molecule has 0 aliphatic rings. The molecule has 6 nitrogen and oxygen atoms in total. The second-order valence-electron chi connectivity index (χ2n) is 3.98. The fourth-order valence-corrected chi connectivity index (χ4v) is 1.88. The molecule has 0 aliphatic carbocycles.